The third-order valence-electron chi connectivity index (χ3n) is 3.81. The lowest BCUT2D eigenvalue weighted by molar-refractivity contribution is 0.387. The van der Waals surface area contributed by atoms with Crippen LogP contribution < -0.4 is 10.0 Å². The Bertz CT molecular complexity index is 774. The summed E-state index contributed by atoms with van der Waals surface area (Å²) in [6.45, 7) is 2.70. The summed E-state index contributed by atoms with van der Waals surface area (Å²) in [5.74, 6) is -1.13. The first-order valence-corrected chi connectivity index (χ1v) is 10.3. The molecule has 23 heavy (non-hydrogen) atoms. The number of halogens is 1. The summed E-state index contributed by atoms with van der Waals surface area (Å²) in [4.78, 5) is -0.205. The zero-order valence-electron chi connectivity index (χ0n) is 12.9. The van der Waals surface area contributed by atoms with Crippen molar-refractivity contribution < 1.29 is 21.2 Å². The summed E-state index contributed by atoms with van der Waals surface area (Å²) in [5, 5.41) is 3.07. The van der Waals surface area contributed by atoms with Crippen molar-refractivity contribution >= 4 is 25.7 Å². The molecule has 1 aliphatic rings. The highest BCUT2D eigenvalue weighted by molar-refractivity contribution is 7.92. The van der Waals surface area contributed by atoms with Crippen LogP contribution in [0.4, 0.5) is 10.1 Å². The Kier molecular flexibility index (Phi) is 5.29. The fourth-order valence-electron chi connectivity index (χ4n) is 2.29. The maximum atomic E-state index is 14.1. The molecular formula is C13H20FN3O4S2. The lowest BCUT2D eigenvalue weighted by Gasteiger charge is -2.23. The first kappa shape index (κ1) is 18.1. The lowest BCUT2D eigenvalue weighted by atomic mass is 10.3. The maximum Gasteiger partial charge on any atom is 0.243 e. The zero-order chi connectivity index (χ0) is 17.3. The van der Waals surface area contributed by atoms with E-state index < -0.39 is 25.9 Å². The number of benzene rings is 1. The number of nitrogens with one attached hydrogen (secondary N) is 2. The Morgan fingerprint density at radius 2 is 2.04 bits per heavy atom. The van der Waals surface area contributed by atoms with Gasteiger partial charge < -0.3 is 5.32 Å². The number of rotatable bonds is 6. The van der Waals surface area contributed by atoms with Crippen molar-refractivity contribution in [3.05, 3.63) is 24.0 Å². The lowest BCUT2D eigenvalue weighted by Crippen LogP contribution is -2.38. The van der Waals surface area contributed by atoms with Gasteiger partial charge in [-0.15, -0.1) is 0 Å². The smallest absolute Gasteiger partial charge is 0.243 e. The van der Waals surface area contributed by atoms with Gasteiger partial charge in [-0.25, -0.2) is 21.2 Å². The molecular weight excluding hydrogens is 345 g/mol. The molecule has 1 atom stereocenters. The topological polar surface area (TPSA) is 95.6 Å². The number of sulfonamides is 2. The van der Waals surface area contributed by atoms with E-state index in [9.17, 15) is 21.2 Å². The van der Waals surface area contributed by atoms with Crippen LogP contribution in [0.3, 0.4) is 0 Å². The third kappa shape index (κ3) is 4.00. The highest BCUT2D eigenvalue weighted by Gasteiger charge is 2.30. The van der Waals surface area contributed by atoms with E-state index >= 15 is 0 Å². The summed E-state index contributed by atoms with van der Waals surface area (Å²) in [6.07, 6.45) is 0.687. The third-order valence-corrected chi connectivity index (χ3v) is 7.01. The van der Waals surface area contributed by atoms with E-state index in [1.807, 2.05) is 0 Å². The summed E-state index contributed by atoms with van der Waals surface area (Å²) in [7, 11) is -6.01. The second kappa shape index (κ2) is 6.71. The van der Waals surface area contributed by atoms with Crippen molar-refractivity contribution in [3.8, 4) is 0 Å². The van der Waals surface area contributed by atoms with Crippen LogP contribution in [0.25, 0.3) is 0 Å². The molecule has 2 rings (SSSR count). The molecule has 1 aromatic rings. The molecule has 0 saturated carbocycles. The monoisotopic (exact) mass is 365 g/mol. The predicted octanol–water partition coefficient (Wildman–Crippen LogP) is 0.570. The van der Waals surface area contributed by atoms with Gasteiger partial charge in [-0.3, -0.25) is 4.72 Å². The van der Waals surface area contributed by atoms with E-state index in [1.165, 1.54) is 24.3 Å². The number of hydrogen-bond acceptors (Lipinski definition) is 5. The van der Waals surface area contributed by atoms with Gasteiger partial charge >= 0.3 is 0 Å². The minimum Gasteiger partial charge on any atom is -0.315 e. The van der Waals surface area contributed by atoms with E-state index in [0.29, 0.717) is 13.0 Å². The SMILES string of the molecule is CCS(=O)(=O)Nc1ccc(S(=O)(=O)N(C)C2CCNC2)cc1F. The molecule has 1 unspecified atom stereocenters. The molecule has 1 fully saturated rings. The first-order chi connectivity index (χ1) is 10.7. The number of hydrogen-bond donors (Lipinski definition) is 2. The molecule has 130 valence electrons. The number of likely N-dealkylation sites (N-methyl/N-ethyl adjacent to an activating group) is 1. The Balaban J connectivity index is 2.28. The quantitative estimate of drug-likeness (QED) is 0.768. The fraction of sp³-hybridized carbons (Fsp3) is 0.538. The second-order valence-electron chi connectivity index (χ2n) is 5.32. The van der Waals surface area contributed by atoms with Crippen molar-refractivity contribution in [1.82, 2.24) is 9.62 Å². The van der Waals surface area contributed by atoms with Crippen molar-refractivity contribution in [1.29, 1.82) is 0 Å². The molecule has 0 spiro atoms. The van der Waals surface area contributed by atoms with Gasteiger partial charge in [-0.1, -0.05) is 0 Å². The number of anilines is 1. The molecule has 0 amide bonds. The molecule has 2 N–H and O–H groups in total. The molecule has 10 heteroatoms. The average Bonchev–Trinajstić information content (AvgIpc) is 3.02. The Hall–Kier alpha value is -1.23. The van der Waals surface area contributed by atoms with Crippen LogP contribution in [0.1, 0.15) is 13.3 Å². The average molecular weight is 365 g/mol. The molecule has 0 radical (unpaired) electrons. The summed E-state index contributed by atoms with van der Waals surface area (Å²) in [6, 6.07) is 2.98. The Labute approximate surface area is 136 Å². The van der Waals surface area contributed by atoms with E-state index in [1.54, 1.807) is 0 Å². The van der Waals surface area contributed by atoms with Crippen molar-refractivity contribution in [2.24, 2.45) is 0 Å². The summed E-state index contributed by atoms with van der Waals surface area (Å²) < 4.78 is 65.3. The molecule has 0 bridgehead atoms. The first-order valence-electron chi connectivity index (χ1n) is 7.16. The molecule has 1 aromatic carbocycles. The van der Waals surface area contributed by atoms with Crippen LogP contribution in [0, 0.1) is 5.82 Å². The minimum atomic E-state index is -3.83. The predicted molar refractivity (Wildman–Crippen MR) is 85.7 cm³/mol. The molecule has 0 aliphatic carbocycles. The van der Waals surface area contributed by atoms with Crippen LogP contribution in [0.2, 0.25) is 0 Å². The van der Waals surface area contributed by atoms with Gasteiger partial charge in [0.1, 0.15) is 5.82 Å². The van der Waals surface area contributed by atoms with Crippen molar-refractivity contribution in [2.45, 2.75) is 24.3 Å². The van der Waals surface area contributed by atoms with E-state index in [0.717, 1.165) is 18.7 Å². The van der Waals surface area contributed by atoms with Crippen LogP contribution >= 0.6 is 0 Å². The molecule has 7 nitrogen and oxygen atoms in total. The van der Waals surface area contributed by atoms with Crippen LogP contribution in [0.15, 0.2) is 23.1 Å². The molecule has 0 aromatic heterocycles. The highest BCUT2D eigenvalue weighted by atomic mass is 32.2. The molecule has 1 aliphatic heterocycles. The largest absolute Gasteiger partial charge is 0.315 e. The van der Waals surface area contributed by atoms with E-state index in [2.05, 4.69) is 10.0 Å². The number of nitrogens with zero attached hydrogens (tertiary/aromatic N) is 1. The Morgan fingerprint density at radius 3 is 2.57 bits per heavy atom. The van der Waals surface area contributed by atoms with E-state index in [-0.39, 0.29) is 22.4 Å². The van der Waals surface area contributed by atoms with Crippen molar-refractivity contribution in [2.75, 3.05) is 30.6 Å². The molecule has 1 saturated heterocycles. The van der Waals surface area contributed by atoms with Gasteiger partial charge in [0.15, 0.2) is 0 Å². The Morgan fingerprint density at radius 1 is 1.35 bits per heavy atom. The normalized spacial score (nSPS) is 19.2. The summed E-state index contributed by atoms with van der Waals surface area (Å²) >= 11 is 0. The van der Waals surface area contributed by atoms with Gasteiger partial charge in [0.2, 0.25) is 20.0 Å². The van der Waals surface area contributed by atoms with Crippen LogP contribution in [-0.2, 0) is 20.0 Å². The summed E-state index contributed by atoms with van der Waals surface area (Å²) in [5.41, 5.74) is -0.268. The van der Waals surface area contributed by atoms with Gasteiger partial charge in [0, 0.05) is 19.6 Å². The standard InChI is InChI=1S/C13H20FN3O4S2/c1-3-22(18,19)16-13-5-4-11(8-12(13)14)23(20,21)17(2)10-6-7-15-9-10/h4-5,8,10,15-16H,3,6-7,9H2,1-2H3. The zero-order valence-corrected chi connectivity index (χ0v) is 14.5. The van der Waals surface area contributed by atoms with Crippen LogP contribution in [-0.4, -0.2) is 53.1 Å². The maximum absolute atomic E-state index is 14.1. The van der Waals surface area contributed by atoms with Crippen LogP contribution in [0.5, 0.6) is 0 Å². The van der Waals surface area contributed by atoms with Gasteiger partial charge in [-0.2, -0.15) is 4.31 Å². The van der Waals surface area contributed by atoms with Crippen molar-refractivity contribution in [3.63, 3.8) is 0 Å². The minimum absolute atomic E-state index is 0.179. The second-order valence-corrected chi connectivity index (χ2v) is 9.32. The highest BCUT2D eigenvalue weighted by Crippen LogP contribution is 2.24. The van der Waals surface area contributed by atoms with Gasteiger partial charge in [0.25, 0.3) is 0 Å². The van der Waals surface area contributed by atoms with Gasteiger partial charge in [0.05, 0.1) is 16.3 Å². The fourth-order valence-corrected chi connectivity index (χ4v) is 4.33. The molecule has 1 heterocycles. The van der Waals surface area contributed by atoms with Gasteiger partial charge in [-0.05, 0) is 38.1 Å². The van der Waals surface area contributed by atoms with E-state index in [4.69, 9.17) is 0 Å².